The van der Waals surface area contributed by atoms with Crippen molar-refractivity contribution < 1.29 is 0 Å². The molecular weight excluding hydrogens is 1020 g/mol. The largest absolute Gasteiger partial charge is 0.334 e. The third-order valence-electron chi connectivity index (χ3n) is 16.0. The van der Waals surface area contributed by atoms with Gasteiger partial charge in [-0.2, -0.15) is 0 Å². The van der Waals surface area contributed by atoms with E-state index in [2.05, 4.69) is 305 Å². The molecule has 0 saturated carbocycles. The first-order chi connectivity index (χ1) is 41.3. The van der Waals surface area contributed by atoms with E-state index in [1.54, 1.807) is 0 Å². The van der Waals surface area contributed by atoms with E-state index in [-0.39, 0.29) is 5.92 Å². The van der Waals surface area contributed by atoms with Crippen LogP contribution >= 0.6 is 0 Å². The molecule has 9 aromatic rings. The van der Waals surface area contributed by atoms with Gasteiger partial charge in [0.25, 0.3) is 0 Å². The first kappa shape index (κ1) is 59.0. The fourth-order valence-corrected chi connectivity index (χ4v) is 11.6. The quantitative estimate of drug-likeness (QED) is 0.0204. The molecule has 3 unspecified atom stereocenters. The third kappa shape index (κ3) is 14.2. The molecule has 84 heavy (non-hydrogen) atoms. The van der Waals surface area contributed by atoms with E-state index in [0.29, 0.717) is 24.5 Å². The molecule has 418 valence electrons. The number of nitrogens with one attached hydrogen (secondary N) is 1. The monoisotopic (exact) mass is 1090 g/mol. The lowest BCUT2D eigenvalue weighted by Crippen LogP contribution is -2.54. The molecule has 0 heterocycles. The normalized spacial score (nSPS) is 13.3. The molecule has 9 rings (SSSR count). The Hall–Kier alpha value is -9.64. The number of aliphatic imine (C=N–C) groups is 2. The zero-order valence-electron chi connectivity index (χ0n) is 49.1. The molecule has 0 radical (unpaired) electrons. The smallest absolute Gasteiger partial charge is 0.134 e. The summed E-state index contributed by atoms with van der Waals surface area (Å²) < 4.78 is 0. The van der Waals surface area contributed by atoms with Crippen LogP contribution in [0.3, 0.4) is 0 Å². The van der Waals surface area contributed by atoms with Gasteiger partial charge in [-0.1, -0.05) is 287 Å². The molecule has 0 aliphatic heterocycles. The predicted octanol–water partition coefficient (Wildman–Crippen LogP) is 20.6. The fourth-order valence-electron chi connectivity index (χ4n) is 11.6. The van der Waals surface area contributed by atoms with Crippen molar-refractivity contribution in [2.75, 3.05) is 11.9 Å². The summed E-state index contributed by atoms with van der Waals surface area (Å²) in [6, 6.07) is 85.9. The van der Waals surface area contributed by atoms with E-state index in [0.717, 1.165) is 109 Å². The summed E-state index contributed by atoms with van der Waals surface area (Å²) in [6.07, 6.45) is 17.5. The van der Waals surface area contributed by atoms with Crippen molar-refractivity contribution >= 4 is 22.9 Å². The number of hydrogen-bond acceptors (Lipinski definition) is 3. The minimum Gasteiger partial charge on any atom is -0.334 e. The molecule has 0 amide bonds. The van der Waals surface area contributed by atoms with Gasteiger partial charge >= 0.3 is 0 Å². The second kappa shape index (κ2) is 29.4. The molecule has 4 heteroatoms. The van der Waals surface area contributed by atoms with Crippen LogP contribution in [0.4, 0.5) is 5.69 Å². The zero-order chi connectivity index (χ0) is 58.5. The zero-order valence-corrected chi connectivity index (χ0v) is 49.1. The van der Waals surface area contributed by atoms with E-state index >= 15 is 0 Å². The Bertz CT molecular complexity index is 3710. The summed E-state index contributed by atoms with van der Waals surface area (Å²) in [4.78, 5) is 13.7. The molecule has 9 aromatic carbocycles. The van der Waals surface area contributed by atoms with E-state index in [9.17, 15) is 0 Å². The molecule has 4 nitrogen and oxygen atoms in total. The Kier molecular flexibility index (Phi) is 20.6. The van der Waals surface area contributed by atoms with E-state index < -0.39 is 11.6 Å². The maximum absolute atomic E-state index is 6.08. The van der Waals surface area contributed by atoms with Gasteiger partial charge < -0.3 is 10.2 Å². The molecule has 0 spiro atoms. The maximum Gasteiger partial charge on any atom is 0.134 e. The molecule has 0 aliphatic carbocycles. The summed E-state index contributed by atoms with van der Waals surface area (Å²) in [7, 11) is 1.85. The van der Waals surface area contributed by atoms with Crippen LogP contribution in [0.5, 0.6) is 0 Å². The predicted molar refractivity (Wildman–Crippen MR) is 363 cm³/mol. The average Bonchev–Trinajstić information content (AvgIpc) is 1.65. The first-order valence-electron chi connectivity index (χ1n) is 29.5. The van der Waals surface area contributed by atoms with Crippen LogP contribution in [0.15, 0.2) is 321 Å². The molecule has 0 bridgehead atoms. The van der Waals surface area contributed by atoms with Crippen LogP contribution in [0.1, 0.15) is 79.8 Å². The Labute approximate surface area is 500 Å². The van der Waals surface area contributed by atoms with E-state index in [4.69, 9.17) is 16.6 Å². The van der Waals surface area contributed by atoms with Gasteiger partial charge in [0, 0.05) is 35.0 Å². The molecule has 0 saturated heterocycles. The van der Waals surface area contributed by atoms with Crippen LogP contribution in [-0.2, 0) is 6.42 Å². The van der Waals surface area contributed by atoms with E-state index in [1.807, 2.05) is 25.3 Å². The summed E-state index contributed by atoms with van der Waals surface area (Å²) in [5.74, 6) is 1.25. The minimum absolute atomic E-state index is 0.149. The van der Waals surface area contributed by atoms with E-state index in [1.165, 1.54) is 5.56 Å². The number of nitrogens with zero attached hydrogens (tertiary/aromatic N) is 3. The number of benzene rings is 9. The maximum atomic E-state index is 6.08. The Morgan fingerprint density at radius 3 is 1.54 bits per heavy atom. The van der Waals surface area contributed by atoms with Crippen LogP contribution in [-0.4, -0.2) is 24.3 Å². The highest BCUT2D eigenvalue weighted by Gasteiger charge is 2.46. The lowest BCUT2D eigenvalue weighted by Gasteiger charge is -2.52. The number of anilines is 1. The van der Waals surface area contributed by atoms with Crippen molar-refractivity contribution in [1.29, 1.82) is 0 Å². The average molecular weight is 1100 g/mol. The number of aryl methyl sites for hydroxylation is 1. The summed E-state index contributed by atoms with van der Waals surface area (Å²) >= 11 is 0. The molecule has 3 atom stereocenters. The van der Waals surface area contributed by atoms with Crippen molar-refractivity contribution in [3.8, 4) is 44.5 Å². The standard InChI is InChI=1S/C80H78N4/c1-8-12-14-21-47-72-57-73(64-39-26-17-27-40-64)58-75(68-43-30-19-31-44-68)77(72)84(61(6)74(11-4)67-41-28-18-29-42-67)80(56-10-3,60(5)34-13-9-2)59-76(69-45-32-20-33-46-69)82-79(71-54-50-66(51-55-71)63-37-24-16-25-38-63)83-78(81-7)70-52-48-65(49-53-70)62-35-22-15-23-36-62/h8-11,13,15-20,22-46,48-55,57-58,60,76H,1-3,6,12,14,21,47,56,59H2,4-5,7H3,(H,81,82,83)/b34-13-,74-11+. The second-order valence-corrected chi connectivity index (χ2v) is 21.3. The number of amidine groups is 2. The number of hydrogen-bond donors (Lipinski definition) is 1. The first-order valence-corrected chi connectivity index (χ1v) is 29.5. The highest BCUT2D eigenvalue weighted by Crippen LogP contribution is 2.51. The van der Waals surface area contributed by atoms with Crippen molar-refractivity contribution in [2.45, 2.75) is 64.0 Å². The van der Waals surface area contributed by atoms with Crippen molar-refractivity contribution in [1.82, 2.24) is 5.32 Å². The van der Waals surface area contributed by atoms with Crippen LogP contribution in [0, 0.1) is 5.92 Å². The van der Waals surface area contributed by atoms with Crippen molar-refractivity contribution in [3.63, 3.8) is 0 Å². The SMILES string of the molecule is C=C/C=C\C(C)C(CC=C)(CC(N=C(NC(=NC)c1ccc(-c2ccccc2)cc1)c1ccc(-c2ccccc2)cc1)c1ccccc1)N(C(=C)/C(=C\C)c1ccccc1)c1c(CCCCC=C)cc(-c2ccccc2)cc1-c1ccccc1. The van der Waals surface area contributed by atoms with Crippen LogP contribution in [0.25, 0.3) is 50.1 Å². The van der Waals surface area contributed by atoms with Gasteiger partial charge in [0.05, 0.1) is 17.3 Å². The molecule has 0 aliphatic rings. The molecular formula is C80H78N4. The van der Waals surface area contributed by atoms with Crippen LogP contribution < -0.4 is 10.2 Å². The van der Waals surface area contributed by atoms with Gasteiger partial charge in [-0.05, 0) is 119 Å². The van der Waals surface area contributed by atoms with Gasteiger partial charge in [-0.3, -0.25) is 9.98 Å². The number of allylic oxidation sites excluding steroid dienone is 5. The van der Waals surface area contributed by atoms with Gasteiger partial charge in [0.1, 0.15) is 11.7 Å². The van der Waals surface area contributed by atoms with Gasteiger partial charge in [0.15, 0.2) is 0 Å². The third-order valence-corrected chi connectivity index (χ3v) is 16.0. The Balaban J connectivity index is 1.33. The van der Waals surface area contributed by atoms with Gasteiger partial charge in [-0.15, -0.1) is 13.2 Å². The van der Waals surface area contributed by atoms with Gasteiger partial charge in [0.2, 0.25) is 0 Å². The number of rotatable bonds is 25. The highest BCUT2D eigenvalue weighted by atomic mass is 15.2. The van der Waals surface area contributed by atoms with Crippen LogP contribution in [0.2, 0.25) is 0 Å². The van der Waals surface area contributed by atoms with Crippen molar-refractivity contribution in [3.05, 3.63) is 339 Å². The summed E-state index contributed by atoms with van der Waals surface area (Å²) in [6.45, 7) is 22.8. The Morgan fingerprint density at radius 2 is 1.04 bits per heavy atom. The number of unbranched alkanes of at least 4 members (excludes halogenated alkanes) is 2. The second-order valence-electron chi connectivity index (χ2n) is 21.3. The topological polar surface area (TPSA) is 40.0 Å². The summed E-state index contributed by atoms with van der Waals surface area (Å²) in [5.41, 5.74) is 16.6. The lowest BCUT2D eigenvalue weighted by molar-refractivity contribution is 0.285. The molecule has 0 aromatic heterocycles. The Morgan fingerprint density at radius 1 is 0.548 bits per heavy atom. The fraction of sp³-hybridized carbons (Fsp3) is 0.150. The lowest BCUT2D eigenvalue weighted by atomic mass is 9.72. The van der Waals surface area contributed by atoms with Crippen molar-refractivity contribution in [2.24, 2.45) is 15.9 Å². The molecule has 1 N–H and O–H groups in total. The van der Waals surface area contributed by atoms with Gasteiger partial charge in [-0.25, -0.2) is 0 Å². The summed E-state index contributed by atoms with van der Waals surface area (Å²) in [5, 5.41) is 3.87. The minimum atomic E-state index is -0.809. The molecule has 0 fully saturated rings. The highest BCUT2D eigenvalue weighted by molar-refractivity contribution is 6.15.